The molecule has 2 saturated heterocycles. The van der Waals surface area contributed by atoms with Crippen LogP contribution in [0.1, 0.15) is 59.8 Å². The molecule has 0 saturated carbocycles. The van der Waals surface area contributed by atoms with E-state index in [0.717, 1.165) is 0 Å². The van der Waals surface area contributed by atoms with Crippen molar-refractivity contribution in [2.24, 2.45) is 5.41 Å². The predicted molar refractivity (Wildman–Crippen MR) is 98.8 cm³/mol. The Balaban J connectivity index is 0.000000467. The molecular weight excluding hydrogens is 388 g/mol. The maximum Gasteiger partial charge on any atom is 0.500 e. The van der Waals surface area contributed by atoms with Gasteiger partial charge in [-0.05, 0) is 40.5 Å². The molecule has 0 bridgehead atoms. The van der Waals surface area contributed by atoms with Crippen LogP contribution in [0.3, 0.4) is 0 Å². The van der Waals surface area contributed by atoms with E-state index in [2.05, 4.69) is 9.47 Å². The Hall–Kier alpha value is -1.62. The van der Waals surface area contributed by atoms with Crippen molar-refractivity contribution in [3.8, 4) is 0 Å². The van der Waals surface area contributed by atoms with Crippen molar-refractivity contribution in [3.63, 3.8) is 0 Å². The van der Waals surface area contributed by atoms with Crippen molar-refractivity contribution in [1.82, 2.24) is 0 Å². The highest BCUT2D eigenvalue weighted by atomic mass is 28.4. The lowest BCUT2D eigenvalue weighted by Crippen LogP contribution is -2.46. The standard InChI is InChI=1S/C14H26O6Si.C4H4O3/c1-5-17-21(18-6-2,19-7-3)10-8-9-14(4)11-12(15)20-13(14)16;5-3-1-2-4(6)7-3/h5-11H2,1-4H3;1-2H2. The molecule has 9 nitrogen and oxygen atoms in total. The molecule has 28 heavy (non-hydrogen) atoms. The van der Waals surface area contributed by atoms with Crippen molar-refractivity contribution in [2.75, 3.05) is 19.8 Å². The third kappa shape index (κ3) is 7.42. The summed E-state index contributed by atoms with van der Waals surface area (Å²) in [6.07, 6.45) is 1.95. The molecule has 0 amide bonds. The van der Waals surface area contributed by atoms with Crippen molar-refractivity contribution in [3.05, 3.63) is 0 Å². The van der Waals surface area contributed by atoms with Crippen LogP contribution in [0, 0.1) is 5.41 Å². The lowest BCUT2D eigenvalue weighted by molar-refractivity contribution is -0.155. The highest BCUT2D eigenvalue weighted by Crippen LogP contribution is 2.36. The molecule has 0 aromatic heterocycles. The zero-order valence-electron chi connectivity index (χ0n) is 17.0. The quantitative estimate of drug-likeness (QED) is 0.299. The number of hydrogen-bond donors (Lipinski definition) is 0. The van der Waals surface area contributed by atoms with E-state index in [1.165, 1.54) is 0 Å². The smallest absolute Gasteiger partial charge is 0.393 e. The Bertz CT molecular complexity index is 546. The van der Waals surface area contributed by atoms with Gasteiger partial charge in [-0.3, -0.25) is 19.2 Å². The van der Waals surface area contributed by atoms with Crippen molar-refractivity contribution < 1.29 is 41.9 Å². The maximum atomic E-state index is 11.7. The minimum atomic E-state index is -2.68. The fraction of sp³-hybridized carbons (Fsp3) is 0.778. The zero-order valence-corrected chi connectivity index (χ0v) is 18.0. The first-order valence-electron chi connectivity index (χ1n) is 9.60. The lowest BCUT2D eigenvalue weighted by Gasteiger charge is -2.29. The van der Waals surface area contributed by atoms with Crippen molar-refractivity contribution in [1.29, 1.82) is 0 Å². The van der Waals surface area contributed by atoms with Gasteiger partial charge in [-0.25, -0.2) is 0 Å². The number of carbonyl (C=O) groups excluding carboxylic acids is 4. The monoisotopic (exact) mass is 418 g/mol. The van der Waals surface area contributed by atoms with Gasteiger partial charge in [0, 0.05) is 25.9 Å². The molecule has 2 rings (SSSR count). The summed E-state index contributed by atoms with van der Waals surface area (Å²) in [5, 5.41) is 0. The summed E-state index contributed by atoms with van der Waals surface area (Å²) in [6.45, 7) is 9.10. The Morgan fingerprint density at radius 2 is 1.36 bits per heavy atom. The van der Waals surface area contributed by atoms with Crippen molar-refractivity contribution >= 4 is 32.7 Å². The van der Waals surface area contributed by atoms with E-state index in [0.29, 0.717) is 38.7 Å². The van der Waals surface area contributed by atoms with Gasteiger partial charge in [0.15, 0.2) is 0 Å². The van der Waals surface area contributed by atoms with Crippen LogP contribution in [0.15, 0.2) is 0 Å². The van der Waals surface area contributed by atoms with E-state index >= 15 is 0 Å². The molecule has 2 aliphatic heterocycles. The second-order valence-corrected chi connectivity index (χ2v) is 9.41. The van der Waals surface area contributed by atoms with E-state index in [9.17, 15) is 19.2 Å². The average Bonchev–Trinajstić information content (AvgIpc) is 3.10. The Morgan fingerprint density at radius 3 is 1.68 bits per heavy atom. The van der Waals surface area contributed by atoms with E-state index in [1.807, 2.05) is 20.8 Å². The summed E-state index contributed by atoms with van der Waals surface area (Å²) in [5.41, 5.74) is -0.720. The molecule has 2 heterocycles. The number of ether oxygens (including phenoxy) is 2. The minimum Gasteiger partial charge on any atom is -0.393 e. The highest BCUT2D eigenvalue weighted by Gasteiger charge is 2.46. The predicted octanol–water partition coefficient (Wildman–Crippen LogP) is 2.14. The SMILES string of the molecule is CCO[Si](CCCC1(C)CC(=O)OC1=O)(OCC)OCC.O=C1CCC(=O)O1. The van der Waals surface area contributed by atoms with Gasteiger partial charge in [0.1, 0.15) is 0 Å². The second kappa shape index (κ2) is 11.4. The van der Waals surface area contributed by atoms with Crippen LogP contribution in [0.4, 0.5) is 0 Å². The summed E-state index contributed by atoms with van der Waals surface area (Å²) in [4.78, 5) is 43.0. The first kappa shape index (κ1) is 24.4. The third-order valence-corrected chi connectivity index (χ3v) is 7.45. The van der Waals surface area contributed by atoms with Gasteiger partial charge in [0.2, 0.25) is 0 Å². The van der Waals surface area contributed by atoms with Crippen LogP contribution in [0.2, 0.25) is 6.04 Å². The van der Waals surface area contributed by atoms with Crippen molar-refractivity contribution in [2.45, 2.75) is 65.8 Å². The average molecular weight is 419 g/mol. The molecule has 160 valence electrons. The van der Waals surface area contributed by atoms with Gasteiger partial charge in [-0.2, -0.15) is 0 Å². The van der Waals surface area contributed by atoms with Crippen LogP contribution < -0.4 is 0 Å². The molecular formula is C18H30O9Si. The van der Waals surface area contributed by atoms with E-state index in [4.69, 9.17) is 13.3 Å². The summed E-state index contributed by atoms with van der Waals surface area (Å²) in [5.74, 6) is -1.66. The second-order valence-electron chi connectivity index (χ2n) is 6.68. The number of cyclic esters (lactones) is 4. The van der Waals surface area contributed by atoms with Gasteiger partial charge in [0.05, 0.1) is 24.7 Å². The normalized spacial score (nSPS) is 22.0. The van der Waals surface area contributed by atoms with Gasteiger partial charge in [-0.1, -0.05) is 0 Å². The Morgan fingerprint density at radius 1 is 0.857 bits per heavy atom. The molecule has 1 unspecified atom stereocenters. The minimum absolute atomic E-state index is 0.151. The molecule has 2 aliphatic rings. The summed E-state index contributed by atoms with van der Waals surface area (Å²) >= 11 is 0. The number of carbonyl (C=O) groups is 4. The number of rotatable bonds is 10. The lowest BCUT2D eigenvalue weighted by atomic mass is 9.84. The van der Waals surface area contributed by atoms with E-state index in [-0.39, 0.29) is 19.3 Å². The van der Waals surface area contributed by atoms with Crippen LogP contribution in [-0.4, -0.2) is 52.5 Å². The highest BCUT2D eigenvalue weighted by molar-refractivity contribution is 6.60. The maximum absolute atomic E-state index is 11.7. The third-order valence-electron chi connectivity index (χ3n) is 4.30. The molecule has 0 aliphatic carbocycles. The van der Waals surface area contributed by atoms with Crippen LogP contribution >= 0.6 is 0 Å². The van der Waals surface area contributed by atoms with Crippen LogP contribution in [-0.2, 0) is 41.9 Å². The number of hydrogen-bond acceptors (Lipinski definition) is 9. The van der Waals surface area contributed by atoms with Gasteiger partial charge in [0.25, 0.3) is 0 Å². The molecule has 0 aromatic rings. The van der Waals surface area contributed by atoms with E-state index in [1.54, 1.807) is 6.92 Å². The molecule has 0 spiro atoms. The van der Waals surface area contributed by atoms with Gasteiger partial charge < -0.3 is 22.8 Å². The van der Waals surface area contributed by atoms with Crippen LogP contribution in [0.25, 0.3) is 0 Å². The Kier molecular flexibility index (Phi) is 9.94. The first-order chi connectivity index (χ1) is 13.2. The largest absolute Gasteiger partial charge is 0.500 e. The van der Waals surface area contributed by atoms with Gasteiger partial charge in [-0.15, -0.1) is 0 Å². The molecule has 0 radical (unpaired) electrons. The Labute approximate surface area is 166 Å². The van der Waals surface area contributed by atoms with E-state index < -0.39 is 38.1 Å². The number of esters is 4. The molecule has 1 atom stereocenters. The summed E-state index contributed by atoms with van der Waals surface area (Å²) in [7, 11) is -2.68. The molecule has 0 N–H and O–H groups in total. The molecule has 0 aromatic carbocycles. The molecule has 2 fully saturated rings. The molecule has 10 heteroatoms. The summed E-state index contributed by atoms with van der Waals surface area (Å²) in [6, 6.07) is 0.638. The topological polar surface area (TPSA) is 114 Å². The zero-order chi connectivity index (χ0) is 21.2. The first-order valence-corrected chi connectivity index (χ1v) is 11.5. The fourth-order valence-electron chi connectivity index (χ4n) is 2.97. The van der Waals surface area contributed by atoms with Gasteiger partial charge >= 0.3 is 32.7 Å². The summed E-state index contributed by atoms with van der Waals surface area (Å²) < 4.78 is 26.0. The van der Waals surface area contributed by atoms with Crippen LogP contribution in [0.5, 0.6) is 0 Å². The fourth-order valence-corrected chi connectivity index (χ4v) is 5.59.